The molecule has 3 saturated carbocycles. The molecule has 0 bridgehead atoms. The summed E-state index contributed by atoms with van der Waals surface area (Å²) in [5, 5.41) is 21.2. The van der Waals surface area contributed by atoms with Crippen LogP contribution in [0, 0.1) is 51.2 Å². The summed E-state index contributed by atoms with van der Waals surface area (Å²) in [5.74, 6) is 3.24. The van der Waals surface area contributed by atoms with E-state index in [4.69, 9.17) is 11.6 Å². The number of aromatic hydroxyl groups is 1. The molecule has 8 atom stereocenters. The predicted molar refractivity (Wildman–Crippen MR) is 165 cm³/mol. The van der Waals surface area contributed by atoms with Gasteiger partial charge in [-0.25, -0.2) is 0 Å². The Morgan fingerprint density at radius 1 is 0.974 bits per heavy atom. The first-order valence-electron chi connectivity index (χ1n) is 15.8. The molecule has 0 saturated heterocycles. The van der Waals surface area contributed by atoms with Gasteiger partial charge in [-0.05, 0) is 146 Å². The van der Waals surface area contributed by atoms with Crippen molar-refractivity contribution in [2.45, 2.75) is 106 Å². The number of hydrogen-bond acceptors (Lipinski definition) is 2. The van der Waals surface area contributed by atoms with Crippen molar-refractivity contribution in [1.82, 2.24) is 0 Å². The molecule has 5 rings (SSSR count). The van der Waals surface area contributed by atoms with Gasteiger partial charge < -0.3 is 10.2 Å². The smallest absolute Gasteiger partial charge is 0.134 e. The number of halogens is 1. The lowest BCUT2D eigenvalue weighted by Crippen LogP contribution is -2.59. The quantitative estimate of drug-likeness (QED) is 0.366. The number of rotatable bonds is 3. The van der Waals surface area contributed by atoms with Crippen molar-refractivity contribution in [2.75, 3.05) is 6.61 Å². The van der Waals surface area contributed by atoms with E-state index in [1.807, 2.05) is 12.1 Å². The molecule has 3 fully saturated rings. The fraction of sp³-hybridized carbons (Fsp3) is 0.722. The molecule has 4 aliphatic carbocycles. The molecule has 0 heterocycles. The molecule has 0 aromatic heterocycles. The Morgan fingerprint density at radius 3 is 2.38 bits per heavy atom. The number of benzene rings is 1. The summed E-state index contributed by atoms with van der Waals surface area (Å²) < 4.78 is 0. The SMILES string of the molecule is C=C(C)C1CCC2(CO)CCC3(C)C(CCC4CCC=C(c5ccc(O)c(Cl)c5)C(C)(C)C(C)CCC43C)C12. The van der Waals surface area contributed by atoms with E-state index < -0.39 is 0 Å². The van der Waals surface area contributed by atoms with E-state index in [1.165, 1.54) is 68.9 Å². The molecular formula is C36H53ClO2. The van der Waals surface area contributed by atoms with E-state index in [9.17, 15) is 10.2 Å². The average molecular weight is 553 g/mol. The normalized spacial score (nSPS) is 42.1. The second kappa shape index (κ2) is 10.2. The Morgan fingerprint density at radius 2 is 1.72 bits per heavy atom. The minimum Gasteiger partial charge on any atom is -0.506 e. The van der Waals surface area contributed by atoms with Gasteiger partial charge in [0.2, 0.25) is 0 Å². The van der Waals surface area contributed by atoms with Crippen molar-refractivity contribution < 1.29 is 10.2 Å². The molecule has 1 aromatic rings. The summed E-state index contributed by atoms with van der Waals surface area (Å²) in [7, 11) is 0. The van der Waals surface area contributed by atoms with Gasteiger partial charge in [-0.2, -0.15) is 0 Å². The third-order valence-electron chi connectivity index (χ3n) is 13.6. The summed E-state index contributed by atoms with van der Waals surface area (Å²) in [4.78, 5) is 0. The largest absolute Gasteiger partial charge is 0.506 e. The van der Waals surface area contributed by atoms with Crippen LogP contribution in [0.25, 0.3) is 5.57 Å². The number of allylic oxidation sites excluding steroid dienone is 3. The van der Waals surface area contributed by atoms with Crippen LogP contribution in [0.4, 0.5) is 0 Å². The first-order chi connectivity index (χ1) is 18.3. The molecule has 0 aliphatic heterocycles. The Bertz CT molecular complexity index is 1130. The number of phenols is 1. The topological polar surface area (TPSA) is 40.5 Å². The Hall–Kier alpha value is -1.25. The number of fused-ring (bicyclic) bond motifs is 5. The van der Waals surface area contributed by atoms with Crippen LogP contribution in [0.1, 0.15) is 111 Å². The van der Waals surface area contributed by atoms with Crippen LogP contribution in [-0.4, -0.2) is 16.8 Å². The lowest BCUT2D eigenvalue weighted by atomic mass is 9.38. The third-order valence-corrected chi connectivity index (χ3v) is 13.9. The molecule has 0 radical (unpaired) electrons. The summed E-state index contributed by atoms with van der Waals surface area (Å²) in [6, 6.07) is 5.74. The van der Waals surface area contributed by atoms with Crippen molar-refractivity contribution in [3.8, 4) is 5.75 Å². The van der Waals surface area contributed by atoms with Gasteiger partial charge in [0.15, 0.2) is 0 Å². The summed E-state index contributed by atoms with van der Waals surface area (Å²) in [6.45, 7) is 19.7. The van der Waals surface area contributed by atoms with Crippen LogP contribution in [-0.2, 0) is 0 Å². The van der Waals surface area contributed by atoms with Crippen LogP contribution in [0.2, 0.25) is 5.02 Å². The fourth-order valence-corrected chi connectivity index (χ4v) is 10.6. The molecular weight excluding hydrogens is 500 g/mol. The number of hydrogen-bond donors (Lipinski definition) is 2. The highest BCUT2D eigenvalue weighted by Gasteiger charge is 2.65. The van der Waals surface area contributed by atoms with E-state index in [2.05, 4.69) is 54.2 Å². The zero-order valence-electron chi connectivity index (χ0n) is 25.5. The maximum Gasteiger partial charge on any atom is 0.134 e. The van der Waals surface area contributed by atoms with E-state index in [1.54, 1.807) is 6.07 Å². The molecule has 4 aliphatic rings. The minimum absolute atomic E-state index is 0.00752. The van der Waals surface area contributed by atoms with Crippen LogP contribution in [0.5, 0.6) is 5.75 Å². The summed E-state index contributed by atoms with van der Waals surface area (Å²) >= 11 is 6.37. The summed E-state index contributed by atoms with van der Waals surface area (Å²) in [6.07, 6.45) is 14.8. The second-order valence-electron chi connectivity index (χ2n) is 15.3. The Balaban J connectivity index is 1.51. The first-order valence-corrected chi connectivity index (χ1v) is 16.1. The number of phenolic OH excluding ortho intramolecular Hbond substituents is 1. The van der Waals surface area contributed by atoms with E-state index in [0.29, 0.717) is 46.1 Å². The highest BCUT2D eigenvalue weighted by atomic mass is 35.5. The molecule has 216 valence electrons. The predicted octanol–water partition coefficient (Wildman–Crippen LogP) is 10.1. The highest BCUT2D eigenvalue weighted by Crippen LogP contribution is 2.72. The standard InChI is InChI=1S/C36H53ClO2/c1-23(2)27-16-18-36(22-38)20-19-35(7)29(32(27)36)13-12-26-9-8-10-28(25-11-14-31(39)30(37)21-25)33(4,5)24(3)15-17-34(26,35)6/h10-11,14,21,24,26-27,29,32,38-39H,1,8-9,12-13,15-20,22H2,2-7H3. The van der Waals surface area contributed by atoms with Gasteiger partial charge in [0.05, 0.1) is 5.02 Å². The molecule has 8 unspecified atom stereocenters. The van der Waals surface area contributed by atoms with Crippen LogP contribution in [0.3, 0.4) is 0 Å². The zero-order chi connectivity index (χ0) is 28.4. The van der Waals surface area contributed by atoms with Gasteiger partial charge in [0, 0.05) is 6.61 Å². The second-order valence-corrected chi connectivity index (χ2v) is 15.7. The van der Waals surface area contributed by atoms with Gasteiger partial charge in [-0.3, -0.25) is 0 Å². The van der Waals surface area contributed by atoms with Gasteiger partial charge >= 0.3 is 0 Å². The monoisotopic (exact) mass is 552 g/mol. The molecule has 3 heteroatoms. The van der Waals surface area contributed by atoms with Crippen molar-refractivity contribution >= 4 is 17.2 Å². The first kappa shape index (κ1) is 29.2. The van der Waals surface area contributed by atoms with Crippen LogP contribution in [0.15, 0.2) is 36.4 Å². The van der Waals surface area contributed by atoms with Crippen LogP contribution >= 0.6 is 11.6 Å². The fourth-order valence-electron chi connectivity index (χ4n) is 10.4. The molecule has 39 heavy (non-hydrogen) atoms. The third kappa shape index (κ3) is 4.46. The van der Waals surface area contributed by atoms with Crippen molar-refractivity contribution in [2.24, 2.45) is 51.2 Å². The number of aliphatic hydroxyl groups excluding tert-OH is 1. The maximum absolute atomic E-state index is 10.8. The lowest BCUT2D eigenvalue weighted by molar-refractivity contribution is -0.177. The average Bonchev–Trinajstić information content (AvgIpc) is 3.29. The molecule has 0 spiro atoms. The highest BCUT2D eigenvalue weighted by molar-refractivity contribution is 6.32. The van der Waals surface area contributed by atoms with Gasteiger partial charge in [-0.15, -0.1) is 0 Å². The van der Waals surface area contributed by atoms with E-state index >= 15 is 0 Å². The van der Waals surface area contributed by atoms with Gasteiger partial charge in [0.1, 0.15) is 5.75 Å². The van der Waals surface area contributed by atoms with Crippen molar-refractivity contribution in [1.29, 1.82) is 0 Å². The van der Waals surface area contributed by atoms with Crippen LogP contribution < -0.4 is 0 Å². The maximum atomic E-state index is 10.8. The van der Waals surface area contributed by atoms with Crippen molar-refractivity contribution in [3.63, 3.8) is 0 Å². The number of aliphatic hydroxyl groups is 1. The Kier molecular flexibility index (Phi) is 7.67. The molecule has 2 N–H and O–H groups in total. The van der Waals surface area contributed by atoms with E-state index in [-0.39, 0.29) is 16.6 Å². The zero-order valence-corrected chi connectivity index (χ0v) is 26.2. The summed E-state index contributed by atoms with van der Waals surface area (Å²) in [5.41, 5.74) is 4.60. The van der Waals surface area contributed by atoms with Gasteiger partial charge in [0.25, 0.3) is 0 Å². The lowest BCUT2D eigenvalue weighted by Gasteiger charge is -2.66. The Labute approximate surface area is 243 Å². The van der Waals surface area contributed by atoms with E-state index in [0.717, 1.165) is 17.9 Å². The minimum atomic E-state index is 0.00752. The van der Waals surface area contributed by atoms with Gasteiger partial charge in [-0.1, -0.05) is 70.5 Å². The molecule has 1 aromatic carbocycles. The van der Waals surface area contributed by atoms with Crippen molar-refractivity contribution in [3.05, 3.63) is 47.0 Å². The molecule has 0 amide bonds. The molecule has 2 nitrogen and oxygen atoms in total.